The SMILES string of the molecule is CS(=O)(=O)c1ccc(Cl)c(C(=O)OCc2ccc([N+](=O)[O-])cc2)c1. The van der Waals surface area contributed by atoms with Crippen LogP contribution >= 0.6 is 11.6 Å². The van der Waals surface area contributed by atoms with Gasteiger partial charge < -0.3 is 4.74 Å². The third-order valence-electron chi connectivity index (χ3n) is 3.10. The fraction of sp³-hybridized carbons (Fsp3) is 0.133. The van der Waals surface area contributed by atoms with Crippen molar-refractivity contribution in [2.24, 2.45) is 0 Å². The second-order valence-electron chi connectivity index (χ2n) is 4.91. The zero-order valence-corrected chi connectivity index (χ0v) is 14.0. The zero-order chi connectivity index (χ0) is 17.9. The van der Waals surface area contributed by atoms with E-state index in [0.29, 0.717) is 5.56 Å². The Bertz CT molecular complexity index is 893. The van der Waals surface area contributed by atoms with E-state index >= 15 is 0 Å². The minimum absolute atomic E-state index is 0.0471. The Kier molecular flexibility index (Phi) is 5.20. The van der Waals surface area contributed by atoms with Crippen molar-refractivity contribution in [3.63, 3.8) is 0 Å². The molecule has 7 nitrogen and oxygen atoms in total. The van der Waals surface area contributed by atoms with Gasteiger partial charge in [-0.25, -0.2) is 13.2 Å². The number of nitrogens with zero attached hydrogens (tertiary/aromatic N) is 1. The van der Waals surface area contributed by atoms with Crippen molar-refractivity contribution in [1.29, 1.82) is 0 Å². The lowest BCUT2D eigenvalue weighted by molar-refractivity contribution is -0.384. The average Bonchev–Trinajstić information content (AvgIpc) is 2.52. The maximum Gasteiger partial charge on any atom is 0.340 e. The Morgan fingerprint density at radius 2 is 1.83 bits per heavy atom. The molecule has 126 valence electrons. The van der Waals surface area contributed by atoms with Gasteiger partial charge in [0.1, 0.15) is 6.61 Å². The van der Waals surface area contributed by atoms with Crippen molar-refractivity contribution in [3.05, 3.63) is 68.7 Å². The van der Waals surface area contributed by atoms with Gasteiger partial charge in [-0.2, -0.15) is 0 Å². The molecule has 0 heterocycles. The summed E-state index contributed by atoms with van der Waals surface area (Å²) in [6.45, 7) is -0.129. The standard InChI is InChI=1S/C15H12ClNO6S/c1-24(21,22)12-6-7-14(16)13(8-12)15(18)23-9-10-2-4-11(5-3-10)17(19)20/h2-8H,9H2,1H3. The molecule has 0 aliphatic carbocycles. The summed E-state index contributed by atoms with van der Waals surface area (Å²) < 4.78 is 28.1. The predicted molar refractivity (Wildman–Crippen MR) is 86.8 cm³/mol. The molecule has 2 rings (SSSR count). The number of non-ortho nitro benzene ring substituents is 1. The molecule has 2 aromatic rings. The first-order valence-corrected chi connectivity index (χ1v) is 8.85. The number of nitro benzene ring substituents is 1. The van der Waals surface area contributed by atoms with Gasteiger partial charge >= 0.3 is 5.97 Å². The molecule has 0 radical (unpaired) electrons. The van der Waals surface area contributed by atoms with Gasteiger partial charge in [-0.05, 0) is 35.9 Å². The van der Waals surface area contributed by atoms with E-state index in [1.165, 1.54) is 36.4 Å². The van der Waals surface area contributed by atoms with Crippen LogP contribution in [0.4, 0.5) is 5.69 Å². The molecule has 0 fully saturated rings. The molecule has 0 N–H and O–H groups in total. The highest BCUT2D eigenvalue weighted by Crippen LogP contribution is 2.22. The van der Waals surface area contributed by atoms with Crippen LogP contribution in [0.25, 0.3) is 0 Å². The first kappa shape index (κ1) is 17.9. The summed E-state index contributed by atoms with van der Waals surface area (Å²) in [5.74, 6) is -0.788. The van der Waals surface area contributed by atoms with Gasteiger partial charge in [0.15, 0.2) is 9.84 Å². The molecule has 0 aliphatic rings. The zero-order valence-electron chi connectivity index (χ0n) is 12.4. The summed E-state index contributed by atoms with van der Waals surface area (Å²) in [4.78, 5) is 22.1. The topological polar surface area (TPSA) is 104 Å². The van der Waals surface area contributed by atoms with E-state index in [4.69, 9.17) is 16.3 Å². The first-order valence-electron chi connectivity index (χ1n) is 6.58. The van der Waals surface area contributed by atoms with Crippen LogP contribution in [-0.2, 0) is 21.2 Å². The lowest BCUT2D eigenvalue weighted by Gasteiger charge is -2.08. The molecule has 0 atom stereocenters. The highest BCUT2D eigenvalue weighted by atomic mass is 35.5. The van der Waals surface area contributed by atoms with Crippen molar-refractivity contribution in [2.75, 3.05) is 6.26 Å². The van der Waals surface area contributed by atoms with Gasteiger partial charge in [0, 0.05) is 18.4 Å². The maximum absolute atomic E-state index is 12.1. The van der Waals surface area contributed by atoms with Crippen molar-refractivity contribution < 1.29 is 22.9 Å². The third-order valence-corrected chi connectivity index (χ3v) is 4.54. The van der Waals surface area contributed by atoms with Crippen LogP contribution in [0.5, 0.6) is 0 Å². The van der Waals surface area contributed by atoms with Crippen LogP contribution in [0, 0.1) is 10.1 Å². The molecule has 0 spiro atoms. The van der Waals surface area contributed by atoms with Gasteiger partial charge in [0.2, 0.25) is 0 Å². The van der Waals surface area contributed by atoms with Gasteiger partial charge in [0.25, 0.3) is 5.69 Å². The number of nitro groups is 1. The van der Waals surface area contributed by atoms with Crippen molar-refractivity contribution in [2.45, 2.75) is 11.5 Å². The van der Waals surface area contributed by atoms with Crippen LogP contribution in [0.3, 0.4) is 0 Å². The number of hydrogen-bond acceptors (Lipinski definition) is 6. The molecule has 0 bridgehead atoms. The molecule has 0 unspecified atom stereocenters. The number of rotatable bonds is 5. The smallest absolute Gasteiger partial charge is 0.340 e. The predicted octanol–water partition coefficient (Wildman–Crippen LogP) is 3.01. The van der Waals surface area contributed by atoms with Crippen molar-refractivity contribution in [3.8, 4) is 0 Å². The third kappa shape index (κ3) is 4.30. The van der Waals surface area contributed by atoms with Gasteiger partial charge in [0.05, 0.1) is 20.4 Å². The van der Waals surface area contributed by atoms with E-state index in [1.54, 1.807) is 0 Å². The van der Waals surface area contributed by atoms with Gasteiger partial charge in [-0.1, -0.05) is 11.6 Å². The molecule has 0 aromatic heterocycles. The number of esters is 1. The maximum atomic E-state index is 12.1. The number of carbonyl (C=O) groups excluding carboxylic acids is 1. The molecular formula is C15H12ClNO6S. The Labute approximate surface area is 142 Å². The van der Waals surface area contributed by atoms with Crippen LogP contribution in [0.2, 0.25) is 5.02 Å². The van der Waals surface area contributed by atoms with E-state index in [-0.39, 0.29) is 27.8 Å². The summed E-state index contributed by atoms with van der Waals surface area (Å²) in [5, 5.41) is 10.6. The second-order valence-corrected chi connectivity index (χ2v) is 7.34. The summed E-state index contributed by atoms with van der Waals surface area (Å²) in [5.41, 5.74) is 0.403. The Morgan fingerprint density at radius 3 is 2.38 bits per heavy atom. The van der Waals surface area contributed by atoms with Crippen LogP contribution < -0.4 is 0 Å². The van der Waals surface area contributed by atoms with E-state index < -0.39 is 20.7 Å². The molecule has 9 heteroatoms. The number of benzene rings is 2. The number of ether oxygens (including phenoxy) is 1. The molecular weight excluding hydrogens is 358 g/mol. The Balaban J connectivity index is 2.14. The highest BCUT2D eigenvalue weighted by molar-refractivity contribution is 7.90. The summed E-state index contributed by atoms with van der Waals surface area (Å²) in [7, 11) is -3.49. The lowest BCUT2D eigenvalue weighted by atomic mass is 10.2. The molecule has 2 aromatic carbocycles. The van der Waals surface area contributed by atoms with Crippen molar-refractivity contribution >= 4 is 33.1 Å². The minimum atomic E-state index is -3.49. The van der Waals surface area contributed by atoms with Crippen LogP contribution in [0.15, 0.2) is 47.4 Å². The molecule has 24 heavy (non-hydrogen) atoms. The fourth-order valence-corrected chi connectivity index (χ4v) is 2.67. The lowest BCUT2D eigenvalue weighted by Crippen LogP contribution is -2.08. The normalized spacial score (nSPS) is 11.1. The Morgan fingerprint density at radius 1 is 1.21 bits per heavy atom. The van der Waals surface area contributed by atoms with Crippen LogP contribution in [-0.4, -0.2) is 25.6 Å². The minimum Gasteiger partial charge on any atom is -0.457 e. The number of sulfone groups is 1. The molecule has 0 aliphatic heterocycles. The average molecular weight is 370 g/mol. The number of halogens is 1. The number of hydrogen-bond donors (Lipinski definition) is 0. The van der Waals surface area contributed by atoms with Gasteiger partial charge in [-0.3, -0.25) is 10.1 Å². The molecule has 0 saturated carbocycles. The first-order chi connectivity index (χ1) is 11.2. The Hall–Kier alpha value is -2.45. The molecule has 0 saturated heterocycles. The van der Waals surface area contributed by atoms with Crippen LogP contribution in [0.1, 0.15) is 15.9 Å². The summed E-state index contributed by atoms with van der Waals surface area (Å²) in [6.07, 6.45) is 1.02. The van der Waals surface area contributed by atoms with E-state index in [2.05, 4.69) is 0 Å². The summed E-state index contributed by atoms with van der Waals surface area (Å²) in [6, 6.07) is 9.25. The monoisotopic (exact) mass is 369 g/mol. The van der Waals surface area contributed by atoms with Crippen molar-refractivity contribution in [1.82, 2.24) is 0 Å². The largest absolute Gasteiger partial charge is 0.457 e. The summed E-state index contributed by atoms with van der Waals surface area (Å²) >= 11 is 5.91. The van der Waals surface area contributed by atoms with Gasteiger partial charge in [-0.15, -0.1) is 0 Å². The second kappa shape index (κ2) is 6.98. The van der Waals surface area contributed by atoms with E-state index in [9.17, 15) is 23.3 Å². The quantitative estimate of drug-likeness (QED) is 0.456. The number of carbonyl (C=O) groups is 1. The molecule has 0 amide bonds. The van der Waals surface area contributed by atoms with E-state index in [1.807, 2.05) is 0 Å². The fourth-order valence-electron chi connectivity index (χ4n) is 1.83. The van der Waals surface area contributed by atoms with E-state index in [0.717, 1.165) is 12.3 Å². The highest BCUT2D eigenvalue weighted by Gasteiger charge is 2.17.